The molecule has 1 aliphatic heterocycles. The fourth-order valence-electron chi connectivity index (χ4n) is 2.45. The van der Waals surface area contributed by atoms with Gasteiger partial charge in [0, 0.05) is 0 Å². The smallest absolute Gasteiger partial charge is 0.309 e. The van der Waals surface area contributed by atoms with Crippen LogP contribution < -0.4 is 0 Å². The molecule has 0 bridgehead atoms. The highest BCUT2D eigenvalue weighted by Gasteiger charge is 2.39. The highest BCUT2D eigenvalue weighted by atomic mass is 32.1. The molecule has 0 aliphatic carbocycles. The molecule has 0 saturated carbocycles. The van der Waals surface area contributed by atoms with Gasteiger partial charge in [-0.25, -0.2) is 0 Å². The molecule has 0 spiro atoms. The molecule has 1 saturated heterocycles. The number of hydrogen-bond donors (Lipinski definition) is 1. The second-order valence-electron chi connectivity index (χ2n) is 4.93. The molecule has 1 aromatic rings. The zero-order valence-electron chi connectivity index (χ0n) is 10.8. The Balaban J connectivity index is 1.92. The first-order valence-electron chi connectivity index (χ1n) is 6.30. The third-order valence-electron chi connectivity index (χ3n) is 3.87. The van der Waals surface area contributed by atoms with Gasteiger partial charge in [0.15, 0.2) is 0 Å². The van der Waals surface area contributed by atoms with Crippen LogP contribution in [-0.4, -0.2) is 39.3 Å². The molecule has 2 heterocycles. The Kier molecular flexibility index (Phi) is 3.97. The lowest BCUT2D eigenvalue weighted by Gasteiger charge is -2.37. The second-order valence-corrected chi connectivity index (χ2v) is 6.20. The van der Waals surface area contributed by atoms with Crippen LogP contribution in [0.15, 0.2) is 0 Å². The fourth-order valence-corrected chi connectivity index (χ4v) is 3.20. The summed E-state index contributed by atoms with van der Waals surface area (Å²) in [5.41, 5.74) is -0.506. The van der Waals surface area contributed by atoms with Gasteiger partial charge in [0.05, 0.1) is 12.0 Å². The zero-order valence-corrected chi connectivity index (χ0v) is 11.7. The highest BCUT2D eigenvalue weighted by Crippen LogP contribution is 2.35. The van der Waals surface area contributed by atoms with E-state index in [1.807, 2.05) is 13.8 Å². The standard InChI is InChI=1S/C12H19N3O2S/c1-3-12(11(16)17)4-6-15(7-5-12)8-10-14-13-9(2)18-10/h3-8H2,1-2H3,(H,16,17). The van der Waals surface area contributed by atoms with Gasteiger partial charge >= 0.3 is 5.97 Å². The first-order chi connectivity index (χ1) is 8.55. The van der Waals surface area contributed by atoms with Crippen LogP contribution in [0.4, 0.5) is 0 Å². The van der Waals surface area contributed by atoms with Gasteiger partial charge in [0.25, 0.3) is 0 Å². The maximum Gasteiger partial charge on any atom is 0.309 e. The second kappa shape index (κ2) is 5.32. The van der Waals surface area contributed by atoms with Crippen molar-refractivity contribution in [2.24, 2.45) is 5.41 Å². The van der Waals surface area contributed by atoms with Crippen molar-refractivity contribution in [1.82, 2.24) is 15.1 Å². The molecule has 5 nitrogen and oxygen atoms in total. The van der Waals surface area contributed by atoms with Crippen LogP contribution in [0.3, 0.4) is 0 Å². The van der Waals surface area contributed by atoms with E-state index in [-0.39, 0.29) is 0 Å². The summed E-state index contributed by atoms with van der Waals surface area (Å²) in [5, 5.41) is 19.4. The van der Waals surface area contributed by atoms with Crippen molar-refractivity contribution in [3.8, 4) is 0 Å². The van der Waals surface area contributed by atoms with Gasteiger partial charge in [-0.2, -0.15) is 0 Å². The van der Waals surface area contributed by atoms with Crippen molar-refractivity contribution in [3.05, 3.63) is 10.0 Å². The number of aromatic nitrogens is 2. The molecule has 6 heteroatoms. The number of carboxylic acids is 1. The lowest BCUT2D eigenvalue weighted by molar-refractivity contribution is -0.152. The number of rotatable bonds is 4. The van der Waals surface area contributed by atoms with Crippen molar-refractivity contribution in [2.75, 3.05) is 13.1 Å². The molecule has 2 rings (SSSR count). The first-order valence-corrected chi connectivity index (χ1v) is 7.12. The number of nitrogens with zero attached hydrogens (tertiary/aromatic N) is 3. The van der Waals surface area contributed by atoms with Crippen molar-refractivity contribution >= 4 is 17.3 Å². The largest absolute Gasteiger partial charge is 0.481 e. The van der Waals surface area contributed by atoms with Crippen molar-refractivity contribution < 1.29 is 9.90 Å². The number of aliphatic carboxylic acids is 1. The van der Waals surface area contributed by atoms with Crippen LogP contribution in [0.5, 0.6) is 0 Å². The molecule has 100 valence electrons. The Labute approximate surface area is 111 Å². The normalized spacial score (nSPS) is 19.9. The van der Waals surface area contributed by atoms with Gasteiger partial charge in [0.1, 0.15) is 10.0 Å². The van der Waals surface area contributed by atoms with Crippen LogP contribution in [0.2, 0.25) is 0 Å². The summed E-state index contributed by atoms with van der Waals surface area (Å²) in [4.78, 5) is 13.6. The number of likely N-dealkylation sites (tertiary alicyclic amines) is 1. The molecular weight excluding hydrogens is 250 g/mol. The molecule has 1 aromatic heterocycles. The lowest BCUT2D eigenvalue weighted by atomic mass is 9.76. The van der Waals surface area contributed by atoms with E-state index in [9.17, 15) is 9.90 Å². The predicted molar refractivity (Wildman–Crippen MR) is 69.5 cm³/mol. The minimum absolute atomic E-state index is 0.506. The molecule has 1 N–H and O–H groups in total. The van der Waals surface area contributed by atoms with Gasteiger partial charge in [-0.15, -0.1) is 21.5 Å². The maximum atomic E-state index is 11.3. The van der Waals surface area contributed by atoms with E-state index in [0.717, 1.165) is 42.5 Å². The predicted octanol–water partition coefficient (Wildman–Crippen LogP) is 1.92. The summed E-state index contributed by atoms with van der Waals surface area (Å²) < 4.78 is 0. The van der Waals surface area contributed by atoms with Crippen LogP contribution in [0.25, 0.3) is 0 Å². The lowest BCUT2D eigenvalue weighted by Crippen LogP contribution is -2.43. The molecular formula is C12H19N3O2S. The van der Waals surface area contributed by atoms with E-state index in [1.54, 1.807) is 11.3 Å². The molecule has 1 fully saturated rings. The van der Waals surface area contributed by atoms with E-state index < -0.39 is 11.4 Å². The quantitative estimate of drug-likeness (QED) is 0.904. The Morgan fingerprint density at radius 3 is 2.56 bits per heavy atom. The summed E-state index contributed by atoms with van der Waals surface area (Å²) in [5.74, 6) is -0.642. The number of piperidine rings is 1. The molecule has 1 aliphatic rings. The van der Waals surface area contributed by atoms with Gasteiger partial charge in [-0.05, 0) is 39.3 Å². The third-order valence-corrected chi connectivity index (χ3v) is 4.69. The molecule has 0 unspecified atom stereocenters. The zero-order chi connectivity index (χ0) is 13.2. The van der Waals surface area contributed by atoms with E-state index in [0.29, 0.717) is 6.42 Å². The van der Waals surface area contributed by atoms with Crippen LogP contribution >= 0.6 is 11.3 Å². The van der Waals surface area contributed by atoms with Gasteiger partial charge in [-0.3, -0.25) is 9.69 Å². The number of carbonyl (C=O) groups is 1. The number of aryl methyl sites for hydroxylation is 1. The summed E-state index contributed by atoms with van der Waals surface area (Å²) in [6.45, 7) is 6.38. The van der Waals surface area contributed by atoms with Gasteiger partial charge < -0.3 is 5.11 Å². The van der Waals surface area contributed by atoms with E-state index in [4.69, 9.17) is 0 Å². The summed E-state index contributed by atoms with van der Waals surface area (Å²) in [6.07, 6.45) is 2.18. The van der Waals surface area contributed by atoms with E-state index in [2.05, 4.69) is 15.1 Å². The monoisotopic (exact) mass is 269 g/mol. The van der Waals surface area contributed by atoms with Crippen molar-refractivity contribution in [3.63, 3.8) is 0 Å². The minimum atomic E-state index is -0.642. The minimum Gasteiger partial charge on any atom is -0.481 e. The molecule has 0 aromatic carbocycles. The van der Waals surface area contributed by atoms with Crippen molar-refractivity contribution in [2.45, 2.75) is 39.7 Å². The average Bonchev–Trinajstić information content (AvgIpc) is 2.76. The Morgan fingerprint density at radius 2 is 2.11 bits per heavy atom. The number of carboxylic acid groups (broad SMARTS) is 1. The van der Waals surface area contributed by atoms with Gasteiger partial charge in [-0.1, -0.05) is 6.92 Å². The van der Waals surface area contributed by atoms with Crippen LogP contribution in [0.1, 0.15) is 36.2 Å². The maximum absolute atomic E-state index is 11.3. The van der Waals surface area contributed by atoms with Crippen molar-refractivity contribution in [1.29, 1.82) is 0 Å². The highest BCUT2D eigenvalue weighted by molar-refractivity contribution is 7.11. The van der Waals surface area contributed by atoms with Crippen LogP contribution in [0, 0.1) is 12.3 Å². The fraction of sp³-hybridized carbons (Fsp3) is 0.750. The Bertz CT molecular complexity index is 425. The summed E-state index contributed by atoms with van der Waals surface area (Å²) in [6, 6.07) is 0. The summed E-state index contributed by atoms with van der Waals surface area (Å²) in [7, 11) is 0. The summed E-state index contributed by atoms with van der Waals surface area (Å²) >= 11 is 1.61. The molecule has 0 atom stereocenters. The number of hydrogen-bond acceptors (Lipinski definition) is 5. The SMILES string of the molecule is CCC1(C(=O)O)CCN(Cc2nnc(C)s2)CC1. The Hall–Kier alpha value is -1.01. The van der Waals surface area contributed by atoms with E-state index >= 15 is 0 Å². The first kappa shape index (κ1) is 13.4. The topological polar surface area (TPSA) is 66.3 Å². The molecule has 0 radical (unpaired) electrons. The van der Waals surface area contributed by atoms with E-state index in [1.165, 1.54) is 0 Å². The van der Waals surface area contributed by atoms with Crippen LogP contribution in [-0.2, 0) is 11.3 Å². The van der Waals surface area contributed by atoms with Gasteiger partial charge in [0.2, 0.25) is 0 Å². The third kappa shape index (κ3) is 2.70. The Morgan fingerprint density at radius 1 is 1.44 bits per heavy atom. The average molecular weight is 269 g/mol. The molecule has 0 amide bonds. The molecule has 18 heavy (non-hydrogen) atoms.